The van der Waals surface area contributed by atoms with Crippen molar-refractivity contribution >= 4 is 15.9 Å². The molecule has 3 heteroatoms. The van der Waals surface area contributed by atoms with Gasteiger partial charge >= 0.3 is 0 Å². The molecule has 2 N–H and O–H groups in total. The summed E-state index contributed by atoms with van der Waals surface area (Å²) in [5.41, 5.74) is 8.52. The first kappa shape index (κ1) is 12.3. The Hall–Kier alpha value is -1.19. The standard InChI is InChI=1S/C14H13BrFN/c1-9-2-7-13(16)12(8-9)14(17)10-3-5-11(15)6-4-10/h2-8,14H,17H2,1H3. The van der Waals surface area contributed by atoms with Crippen molar-refractivity contribution in [2.45, 2.75) is 13.0 Å². The molecule has 0 aliphatic rings. The van der Waals surface area contributed by atoms with Crippen LogP contribution >= 0.6 is 15.9 Å². The molecule has 0 fully saturated rings. The lowest BCUT2D eigenvalue weighted by atomic mass is 9.98. The smallest absolute Gasteiger partial charge is 0.128 e. The van der Waals surface area contributed by atoms with E-state index >= 15 is 0 Å². The molecule has 2 aromatic carbocycles. The van der Waals surface area contributed by atoms with E-state index in [0.717, 1.165) is 15.6 Å². The van der Waals surface area contributed by atoms with E-state index in [-0.39, 0.29) is 5.82 Å². The van der Waals surface area contributed by atoms with E-state index in [1.165, 1.54) is 6.07 Å². The van der Waals surface area contributed by atoms with Crippen molar-refractivity contribution in [3.05, 3.63) is 69.4 Å². The minimum Gasteiger partial charge on any atom is -0.320 e. The lowest BCUT2D eigenvalue weighted by Crippen LogP contribution is -2.13. The average molecular weight is 294 g/mol. The highest BCUT2D eigenvalue weighted by Gasteiger charge is 2.13. The second-order valence-electron chi connectivity index (χ2n) is 4.05. The first-order valence-electron chi connectivity index (χ1n) is 5.35. The van der Waals surface area contributed by atoms with Gasteiger partial charge in [-0.1, -0.05) is 45.8 Å². The van der Waals surface area contributed by atoms with Crippen LogP contribution < -0.4 is 5.73 Å². The lowest BCUT2D eigenvalue weighted by Gasteiger charge is -2.14. The zero-order valence-electron chi connectivity index (χ0n) is 9.45. The topological polar surface area (TPSA) is 26.0 Å². The van der Waals surface area contributed by atoms with Gasteiger partial charge in [0, 0.05) is 10.0 Å². The van der Waals surface area contributed by atoms with Crippen LogP contribution in [0.1, 0.15) is 22.7 Å². The Bertz CT molecular complexity index is 522. The molecule has 0 spiro atoms. The maximum Gasteiger partial charge on any atom is 0.128 e. The number of halogens is 2. The second-order valence-corrected chi connectivity index (χ2v) is 4.97. The van der Waals surface area contributed by atoms with Gasteiger partial charge in [-0.15, -0.1) is 0 Å². The van der Waals surface area contributed by atoms with Gasteiger partial charge in [-0.2, -0.15) is 0 Å². The highest BCUT2D eigenvalue weighted by molar-refractivity contribution is 9.10. The van der Waals surface area contributed by atoms with Crippen LogP contribution in [0.5, 0.6) is 0 Å². The zero-order valence-corrected chi connectivity index (χ0v) is 11.0. The summed E-state index contributed by atoms with van der Waals surface area (Å²) in [6, 6.07) is 12.2. The molecule has 0 aliphatic carbocycles. The van der Waals surface area contributed by atoms with Crippen molar-refractivity contribution < 1.29 is 4.39 Å². The van der Waals surface area contributed by atoms with Crippen LogP contribution in [0.3, 0.4) is 0 Å². The van der Waals surface area contributed by atoms with E-state index in [4.69, 9.17) is 5.73 Å². The highest BCUT2D eigenvalue weighted by Crippen LogP contribution is 2.24. The Morgan fingerprint density at radius 2 is 1.76 bits per heavy atom. The van der Waals surface area contributed by atoms with Crippen LogP contribution in [0.15, 0.2) is 46.9 Å². The summed E-state index contributed by atoms with van der Waals surface area (Å²) in [4.78, 5) is 0. The molecule has 0 saturated carbocycles. The Kier molecular flexibility index (Phi) is 3.60. The maximum atomic E-state index is 13.7. The van der Waals surface area contributed by atoms with Gasteiger partial charge in [-0.05, 0) is 30.7 Å². The van der Waals surface area contributed by atoms with Gasteiger partial charge in [0.2, 0.25) is 0 Å². The molecule has 0 radical (unpaired) electrons. The number of rotatable bonds is 2. The highest BCUT2D eigenvalue weighted by atomic mass is 79.9. The third-order valence-corrected chi connectivity index (χ3v) is 3.24. The molecule has 88 valence electrons. The fourth-order valence-electron chi connectivity index (χ4n) is 1.75. The Balaban J connectivity index is 2.39. The normalized spacial score (nSPS) is 12.5. The molecule has 0 heterocycles. The van der Waals surface area contributed by atoms with Gasteiger partial charge in [0.1, 0.15) is 5.82 Å². The molecule has 0 aliphatic heterocycles. The summed E-state index contributed by atoms with van der Waals surface area (Å²) in [5.74, 6) is -0.258. The Morgan fingerprint density at radius 3 is 2.41 bits per heavy atom. The summed E-state index contributed by atoms with van der Waals surface area (Å²) >= 11 is 3.36. The lowest BCUT2D eigenvalue weighted by molar-refractivity contribution is 0.599. The first-order valence-corrected chi connectivity index (χ1v) is 6.14. The van der Waals surface area contributed by atoms with Crippen LogP contribution in [-0.2, 0) is 0 Å². The average Bonchev–Trinajstić information content (AvgIpc) is 2.32. The summed E-state index contributed by atoms with van der Waals surface area (Å²) in [5, 5.41) is 0. The fraction of sp³-hybridized carbons (Fsp3) is 0.143. The third kappa shape index (κ3) is 2.73. The number of hydrogen-bond acceptors (Lipinski definition) is 1. The van der Waals surface area contributed by atoms with E-state index in [9.17, 15) is 4.39 Å². The minimum absolute atomic E-state index is 0.258. The van der Waals surface area contributed by atoms with Crippen molar-refractivity contribution in [1.82, 2.24) is 0 Å². The number of nitrogens with two attached hydrogens (primary N) is 1. The van der Waals surface area contributed by atoms with Gasteiger partial charge in [-0.3, -0.25) is 0 Å². The summed E-state index contributed by atoms with van der Waals surface area (Å²) in [6.45, 7) is 1.93. The molecule has 2 rings (SSSR count). The first-order chi connectivity index (χ1) is 8.08. The van der Waals surface area contributed by atoms with Crippen LogP contribution in [0, 0.1) is 12.7 Å². The van der Waals surface area contributed by atoms with Crippen LogP contribution in [0.4, 0.5) is 4.39 Å². The van der Waals surface area contributed by atoms with Crippen LogP contribution in [0.25, 0.3) is 0 Å². The molecule has 0 bridgehead atoms. The molecule has 17 heavy (non-hydrogen) atoms. The monoisotopic (exact) mass is 293 g/mol. The van der Waals surface area contributed by atoms with Gasteiger partial charge in [0.15, 0.2) is 0 Å². The number of benzene rings is 2. The number of aryl methyl sites for hydroxylation is 1. The van der Waals surface area contributed by atoms with Gasteiger partial charge in [-0.25, -0.2) is 4.39 Å². The summed E-state index contributed by atoms with van der Waals surface area (Å²) in [7, 11) is 0. The van der Waals surface area contributed by atoms with Crippen LogP contribution in [0.2, 0.25) is 0 Å². The van der Waals surface area contributed by atoms with Crippen molar-refractivity contribution in [2.75, 3.05) is 0 Å². The maximum absolute atomic E-state index is 13.7. The Labute approximate surface area is 109 Å². The van der Waals surface area contributed by atoms with Crippen molar-refractivity contribution in [3.8, 4) is 0 Å². The predicted octanol–water partition coefficient (Wildman–Crippen LogP) is 3.94. The van der Waals surface area contributed by atoms with E-state index in [1.54, 1.807) is 12.1 Å². The molecule has 1 atom stereocenters. The molecular formula is C14H13BrFN. The molecule has 0 aromatic heterocycles. The summed E-state index contributed by atoms with van der Waals surface area (Å²) < 4.78 is 14.7. The van der Waals surface area contributed by atoms with Crippen molar-refractivity contribution in [3.63, 3.8) is 0 Å². The predicted molar refractivity (Wildman–Crippen MR) is 71.3 cm³/mol. The van der Waals surface area contributed by atoms with Crippen molar-refractivity contribution in [1.29, 1.82) is 0 Å². The van der Waals surface area contributed by atoms with E-state index < -0.39 is 6.04 Å². The van der Waals surface area contributed by atoms with Crippen molar-refractivity contribution in [2.24, 2.45) is 5.73 Å². The van der Waals surface area contributed by atoms with E-state index in [1.807, 2.05) is 31.2 Å². The third-order valence-electron chi connectivity index (χ3n) is 2.72. The molecule has 2 aromatic rings. The van der Waals surface area contributed by atoms with E-state index in [2.05, 4.69) is 15.9 Å². The quantitative estimate of drug-likeness (QED) is 0.892. The van der Waals surface area contributed by atoms with Gasteiger partial charge in [0.25, 0.3) is 0 Å². The van der Waals surface area contributed by atoms with Gasteiger partial charge in [0.05, 0.1) is 6.04 Å². The minimum atomic E-state index is -0.428. The fourth-order valence-corrected chi connectivity index (χ4v) is 2.02. The van der Waals surface area contributed by atoms with Gasteiger partial charge < -0.3 is 5.73 Å². The summed E-state index contributed by atoms with van der Waals surface area (Å²) in [6.07, 6.45) is 0. The molecular weight excluding hydrogens is 281 g/mol. The molecule has 1 unspecified atom stereocenters. The second kappa shape index (κ2) is 4.98. The molecule has 1 nitrogen and oxygen atoms in total. The molecule has 0 saturated heterocycles. The van der Waals surface area contributed by atoms with Crippen LogP contribution in [-0.4, -0.2) is 0 Å². The number of hydrogen-bond donors (Lipinski definition) is 1. The molecule has 0 amide bonds. The largest absolute Gasteiger partial charge is 0.320 e. The zero-order chi connectivity index (χ0) is 12.4. The Morgan fingerprint density at radius 1 is 1.12 bits per heavy atom. The SMILES string of the molecule is Cc1ccc(F)c(C(N)c2ccc(Br)cc2)c1. The van der Waals surface area contributed by atoms with E-state index in [0.29, 0.717) is 5.56 Å².